The van der Waals surface area contributed by atoms with E-state index in [1.165, 1.54) is 210 Å². The molecule has 0 aromatic rings. The summed E-state index contributed by atoms with van der Waals surface area (Å²) in [5, 5.41) is 3.71. The summed E-state index contributed by atoms with van der Waals surface area (Å²) in [6.45, 7) is 15.4. The zero-order chi connectivity index (χ0) is 45.4. The molecule has 2 saturated heterocycles. The van der Waals surface area contributed by atoms with Crippen LogP contribution in [0.15, 0.2) is 0 Å². The summed E-state index contributed by atoms with van der Waals surface area (Å²) in [6, 6.07) is -0.236. The number of piperidine rings is 1. The molecule has 2 aliphatic heterocycles. The van der Waals surface area contributed by atoms with Crippen LogP contribution in [0.25, 0.3) is 0 Å². The lowest BCUT2D eigenvalue weighted by Crippen LogP contribution is -2.63. The van der Waals surface area contributed by atoms with Crippen molar-refractivity contribution in [1.82, 2.24) is 10.2 Å². The number of ketones is 1. The van der Waals surface area contributed by atoms with E-state index in [-0.39, 0.29) is 34.7 Å². The Morgan fingerprint density at radius 2 is 0.742 bits per heavy atom. The maximum absolute atomic E-state index is 14.8. The van der Waals surface area contributed by atoms with Crippen LogP contribution in [0.4, 0.5) is 0 Å². The summed E-state index contributed by atoms with van der Waals surface area (Å²) in [4.78, 5) is 44.8. The molecule has 0 saturated carbocycles. The predicted molar refractivity (Wildman–Crippen MR) is 269 cm³/mol. The monoisotopic (exact) mass is 869 g/mol. The van der Waals surface area contributed by atoms with Crippen molar-refractivity contribution in [1.29, 1.82) is 0 Å². The van der Waals surface area contributed by atoms with Gasteiger partial charge >= 0.3 is 0 Å². The van der Waals surface area contributed by atoms with Crippen LogP contribution in [0.1, 0.15) is 318 Å². The first-order chi connectivity index (χ1) is 30.0. The standard InChI is InChI=1S/C57H108N2O3/c1-8-11-13-15-17-19-21-23-25-26-27-28-29-30-31-33-35-37-39-41-43-45-47-57(52(60)53(61)59(54(57)62)51-48-55(4,5)58-56(6,7)49-51)50(10-3)46-44-42-40-38-36-34-32-24-22-20-18-16-14-12-9-2/h50-51,58H,8-49H2,1-7H3. The number of Topliss-reactive ketones (excluding diaryl/α,β-unsaturated/α-hetero) is 1. The number of rotatable bonds is 42. The molecule has 0 aromatic heterocycles. The first-order valence-corrected chi connectivity index (χ1v) is 28.2. The lowest BCUT2D eigenvalue weighted by molar-refractivity contribution is -0.147. The first kappa shape index (κ1) is 56.9. The molecular weight excluding hydrogens is 761 g/mol. The number of hydrogen-bond acceptors (Lipinski definition) is 4. The SMILES string of the molecule is CCCCCCCCCCCCCCCCCCCCCCCCC1(C(CC)CCCCCCCCCCCCCCCCC)C(=O)C(=O)N(C2CC(C)(C)NC(C)(C)C2)C1=O. The van der Waals surface area contributed by atoms with Gasteiger partial charge in [-0.25, -0.2) is 0 Å². The van der Waals surface area contributed by atoms with Crippen molar-refractivity contribution >= 4 is 17.6 Å². The number of imide groups is 1. The molecule has 62 heavy (non-hydrogen) atoms. The number of unbranched alkanes of at least 4 members (excludes halogenated alkanes) is 35. The molecule has 5 nitrogen and oxygen atoms in total. The number of carbonyl (C=O) groups excluding carboxylic acids is 3. The average Bonchev–Trinajstić information content (AvgIpc) is 3.41. The molecule has 0 spiro atoms. The van der Waals surface area contributed by atoms with Gasteiger partial charge in [-0.2, -0.15) is 0 Å². The van der Waals surface area contributed by atoms with E-state index in [2.05, 4.69) is 53.8 Å². The second kappa shape index (κ2) is 34.1. The van der Waals surface area contributed by atoms with Crippen LogP contribution in [0, 0.1) is 11.3 Å². The lowest BCUT2D eigenvalue weighted by atomic mass is 9.66. The van der Waals surface area contributed by atoms with E-state index in [9.17, 15) is 14.4 Å². The summed E-state index contributed by atoms with van der Waals surface area (Å²) in [7, 11) is 0. The summed E-state index contributed by atoms with van der Waals surface area (Å²) in [5.41, 5.74) is -1.61. The number of nitrogens with one attached hydrogen (secondary N) is 1. The third kappa shape index (κ3) is 22.8. The minimum absolute atomic E-state index is 0.0592. The molecule has 364 valence electrons. The van der Waals surface area contributed by atoms with Crippen LogP contribution in [-0.4, -0.2) is 39.6 Å². The molecule has 5 heteroatoms. The average molecular weight is 870 g/mol. The minimum atomic E-state index is -1.17. The third-order valence-corrected chi connectivity index (χ3v) is 15.2. The lowest BCUT2D eigenvalue weighted by Gasteiger charge is -2.48. The van der Waals surface area contributed by atoms with Crippen molar-refractivity contribution < 1.29 is 14.4 Å². The van der Waals surface area contributed by atoms with Gasteiger partial charge in [0.05, 0.1) is 0 Å². The molecule has 2 heterocycles. The molecule has 2 unspecified atom stereocenters. The highest BCUT2D eigenvalue weighted by atomic mass is 16.2. The Balaban J connectivity index is 1.75. The van der Waals surface area contributed by atoms with Gasteiger partial charge in [-0.1, -0.05) is 265 Å². The van der Waals surface area contributed by atoms with Gasteiger partial charge in [0, 0.05) is 17.1 Å². The molecule has 0 aliphatic carbocycles. The highest BCUT2D eigenvalue weighted by Gasteiger charge is 2.63. The maximum Gasteiger partial charge on any atom is 0.298 e. The number of hydrogen-bond donors (Lipinski definition) is 1. The molecule has 0 radical (unpaired) electrons. The fraction of sp³-hybridized carbons (Fsp3) is 0.947. The Hall–Kier alpha value is -1.23. The van der Waals surface area contributed by atoms with Gasteiger partial charge in [0.15, 0.2) is 0 Å². The molecule has 2 aliphatic rings. The van der Waals surface area contributed by atoms with Gasteiger partial charge in [0.1, 0.15) is 5.41 Å². The van der Waals surface area contributed by atoms with E-state index in [0.717, 1.165) is 44.9 Å². The summed E-state index contributed by atoms with van der Waals surface area (Å²) >= 11 is 0. The van der Waals surface area contributed by atoms with Gasteiger partial charge in [0.25, 0.3) is 5.91 Å². The zero-order valence-electron chi connectivity index (χ0n) is 43.0. The van der Waals surface area contributed by atoms with Gasteiger partial charge in [-0.15, -0.1) is 0 Å². The number of amides is 2. The Labute approximate surface area is 387 Å². The van der Waals surface area contributed by atoms with Crippen LogP contribution in [0.3, 0.4) is 0 Å². The number of carbonyl (C=O) groups is 3. The third-order valence-electron chi connectivity index (χ3n) is 15.2. The molecular formula is C57H108N2O3. The second-order valence-corrected chi connectivity index (χ2v) is 22.3. The number of likely N-dealkylation sites (tertiary alicyclic amines) is 1. The van der Waals surface area contributed by atoms with E-state index >= 15 is 0 Å². The van der Waals surface area contributed by atoms with Crippen LogP contribution in [0.2, 0.25) is 0 Å². The summed E-state index contributed by atoms with van der Waals surface area (Å²) in [6.07, 6.45) is 53.0. The van der Waals surface area contributed by atoms with Crippen LogP contribution in [0.5, 0.6) is 0 Å². The van der Waals surface area contributed by atoms with Crippen molar-refractivity contribution in [2.24, 2.45) is 11.3 Å². The largest absolute Gasteiger partial charge is 0.307 e. The Kier molecular flexibility index (Phi) is 31.3. The van der Waals surface area contributed by atoms with Crippen LogP contribution < -0.4 is 5.32 Å². The highest BCUT2D eigenvalue weighted by Crippen LogP contribution is 2.48. The molecule has 1 N–H and O–H groups in total. The molecule has 0 bridgehead atoms. The Bertz CT molecular complexity index is 1130. The van der Waals surface area contributed by atoms with Crippen LogP contribution >= 0.6 is 0 Å². The second-order valence-electron chi connectivity index (χ2n) is 22.3. The van der Waals surface area contributed by atoms with Crippen LogP contribution in [-0.2, 0) is 14.4 Å². The normalized spacial score (nSPS) is 19.6. The minimum Gasteiger partial charge on any atom is -0.307 e. The van der Waals surface area contributed by atoms with Crippen molar-refractivity contribution in [3.63, 3.8) is 0 Å². The molecule has 2 amide bonds. The topological polar surface area (TPSA) is 66.5 Å². The van der Waals surface area contributed by atoms with E-state index in [0.29, 0.717) is 19.3 Å². The molecule has 2 atom stereocenters. The molecule has 0 aromatic carbocycles. The summed E-state index contributed by atoms with van der Waals surface area (Å²) < 4.78 is 0. The van der Waals surface area contributed by atoms with Crippen molar-refractivity contribution in [2.75, 3.05) is 0 Å². The summed E-state index contributed by atoms with van der Waals surface area (Å²) in [5.74, 6) is -1.10. The Morgan fingerprint density at radius 1 is 0.452 bits per heavy atom. The van der Waals surface area contributed by atoms with E-state index in [1.54, 1.807) is 0 Å². The quantitative estimate of drug-likeness (QED) is 0.0287. The van der Waals surface area contributed by atoms with Crippen molar-refractivity contribution in [3.8, 4) is 0 Å². The van der Waals surface area contributed by atoms with Crippen molar-refractivity contribution in [3.05, 3.63) is 0 Å². The fourth-order valence-corrected chi connectivity index (χ4v) is 11.8. The molecule has 2 rings (SSSR count). The Morgan fingerprint density at radius 3 is 1.05 bits per heavy atom. The zero-order valence-corrected chi connectivity index (χ0v) is 43.0. The number of nitrogens with zero attached hydrogens (tertiary/aromatic N) is 1. The van der Waals surface area contributed by atoms with E-state index < -0.39 is 11.3 Å². The van der Waals surface area contributed by atoms with Gasteiger partial charge < -0.3 is 5.32 Å². The highest BCUT2D eigenvalue weighted by molar-refractivity contribution is 6.50. The first-order valence-electron chi connectivity index (χ1n) is 28.2. The van der Waals surface area contributed by atoms with Crippen molar-refractivity contribution in [2.45, 2.75) is 335 Å². The maximum atomic E-state index is 14.8. The fourth-order valence-electron chi connectivity index (χ4n) is 11.8. The predicted octanol–water partition coefficient (Wildman–Crippen LogP) is 17.5. The van der Waals surface area contributed by atoms with Gasteiger partial charge in [-0.05, 0) is 59.3 Å². The van der Waals surface area contributed by atoms with E-state index in [1.807, 2.05) is 0 Å². The van der Waals surface area contributed by atoms with Gasteiger partial charge in [-0.3, -0.25) is 19.3 Å². The van der Waals surface area contributed by atoms with Gasteiger partial charge in [0.2, 0.25) is 11.7 Å². The smallest absolute Gasteiger partial charge is 0.298 e. The molecule has 2 fully saturated rings. The van der Waals surface area contributed by atoms with E-state index in [4.69, 9.17) is 0 Å².